The van der Waals surface area contributed by atoms with Crippen LogP contribution < -0.4 is 0 Å². The van der Waals surface area contributed by atoms with Gasteiger partial charge in [0, 0.05) is 12.0 Å². The van der Waals surface area contributed by atoms with Crippen molar-refractivity contribution in [2.45, 2.75) is 33.6 Å². The molecule has 0 fully saturated rings. The molecule has 0 atom stereocenters. The van der Waals surface area contributed by atoms with Crippen molar-refractivity contribution < 1.29 is 4.79 Å². The number of Topliss-reactive ketones (excluding diaryl/α,β-unsaturated/α-hetero) is 1. The van der Waals surface area contributed by atoms with Gasteiger partial charge in [-0.25, -0.2) is 4.99 Å². The molecule has 0 aromatic rings. The number of hydrogen-bond donors (Lipinski definition) is 0. The van der Waals surface area contributed by atoms with E-state index in [1.807, 2.05) is 6.92 Å². The summed E-state index contributed by atoms with van der Waals surface area (Å²) >= 11 is 11.5. The summed E-state index contributed by atoms with van der Waals surface area (Å²) in [5, 5.41) is 0.833. The van der Waals surface area contributed by atoms with Crippen LogP contribution in [0.3, 0.4) is 0 Å². The Bertz CT molecular complexity index is 313. The lowest BCUT2D eigenvalue weighted by molar-refractivity contribution is -0.111. The molecule has 0 saturated heterocycles. The molecule has 0 aromatic heterocycles. The molecule has 0 aromatic carbocycles. The largest absolute Gasteiger partial charge is 0.293 e. The van der Waals surface area contributed by atoms with Gasteiger partial charge in [0.1, 0.15) is 10.9 Å². The predicted molar refractivity (Wildman–Crippen MR) is 66.6 cm³/mol. The minimum Gasteiger partial charge on any atom is -0.293 e. The highest BCUT2D eigenvalue weighted by Crippen LogP contribution is 2.09. The van der Waals surface area contributed by atoms with E-state index in [1.54, 1.807) is 13.0 Å². The number of ketones is 1. The van der Waals surface area contributed by atoms with E-state index >= 15 is 0 Å². The minimum atomic E-state index is -0.155. The highest BCUT2D eigenvalue weighted by atomic mass is 35.5. The number of hydrogen-bond acceptors (Lipinski definition) is 2. The van der Waals surface area contributed by atoms with E-state index in [0.717, 1.165) is 12.8 Å². The lowest BCUT2D eigenvalue weighted by Crippen LogP contribution is -2.06. The zero-order chi connectivity index (χ0) is 11.8. The molecule has 15 heavy (non-hydrogen) atoms. The van der Waals surface area contributed by atoms with E-state index in [0.29, 0.717) is 10.2 Å². The van der Waals surface area contributed by atoms with Gasteiger partial charge >= 0.3 is 0 Å². The molecule has 0 rings (SSSR count). The van der Waals surface area contributed by atoms with E-state index in [1.165, 1.54) is 13.0 Å². The Morgan fingerprint density at radius 2 is 1.93 bits per heavy atom. The van der Waals surface area contributed by atoms with Gasteiger partial charge in [0.05, 0.1) is 0 Å². The summed E-state index contributed by atoms with van der Waals surface area (Å²) in [6.07, 6.45) is 5.12. The number of aliphatic imine (C=N–C) groups is 1. The highest BCUT2D eigenvalue weighted by Gasteiger charge is 2.03. The second kappa shape index (κ2) is 7.66. The molecule has 0 aliphatic rings. The van der Waals surface area contributed by atoms with E-state index in [4.69, 9.17) is 23.2 Å². The van der Waals surface area contributed by atoms with Crippen molar-refractivity contribution in [2.24, 2.45) is 4.99 Å². The number of unbranched alkanes of at least 4 members (excludes halogenated alkanes) is 1. The van der Waals surface area contributed by atoms with Crippen molar-refractivity contribution in [3.63, 3.8) is 0 Å². The molecule has 2 nitrogen and oxygen atoms in total. The Kier molecular flexibility index (Phi) is 7.35. The van der Waals surface area contributed by atoms with Crippen LogP contribution in [0.4, 0.5) is 0 Å². The maximum Gasteiger partial charge on any atom is 0.178 e. The van der Waals surface area contributed by atoms with Gasteiger partial charge in [0.15, 0.2) is 5.78 Å². The molecular weight excluding hydrogens is 233 g/mol. The molecule has 0 heterocycles. The molecule has 0 aliphatic carbocycles. The van der Waals surface area contributed by atoms with Crippen LogP contribution in [0.5, 0.6) is 0 Å². The maximum atomic E-state index is 11.2. The van der Waals surface area contributed by atoms with Gasteiger partial charge in [0.25, 0.3) is 0 Å². The number of nitrogens with zero attached hydrogens (tertiary/aromatic N) is 1. The molecule has 0 amide bonds. The van der Waals surface area contributed by atoms with Crippen molar-refractivity contribution in [2.75, 3.05) is 0 Å². The summed E-state index contributed by atoms with van der Waals surface area (Å²) in [4.78, 5) is 15.2. The second-order valence-electron chi connectivity index (χ2n) is 3.10. The fourth-order valence-electron chi connectivity index (χ4n) is 0.825. The number of carbonyl (C=O) groups excluding carboxylic acids is 1. The van der Waals surface area contributed by atoms with Crippen molar-refractivity contribution in [1.82, 2.24) is 0 Å². The summed E-state index contributed by atoms with van der Waals surface area (Å²) < 4.78 is 0. The van der Waals surface area contributed by atoms with Crippen LogP contribution in [0.2, 0.25) is 0 Å². The Morgan fingerprint density at radius 3 is 2.33 bits per heavy atom. The van der Waals surface area contributed by atoms with Gasteiger partial charge in [-0.2, -0.15) is 0 Å². The maximum absolute atomic E-state index is 11.2. The zero-order valence-electron chi connectivity index (χ0n) is 9.18. The first-order chi connectivity index (χ1) is 6.97. The molecule has 0 saturated carbocycles. The molecule has 0 N–H and O–H groups in total. The highest BCUT2D eigenvalue weighted by molar-refractivity contribution is 6.47. The predicted octanol–water partition coefficient (Wildman–Crippen LogP) is 4.04. The third-order valence-corrected chi connectivity index (χ3v) is 1.87. The zero-order valence-corrected chi connectivity index (χ0v) is 10.7. The fraction of sp³-hybridized carbons (Fsp3) is 0.455. The summed E-state index contributed by atoms with van der Waals surface area (Å²) in [5.41, 5.74) is 0.278. The number of allylic oxidation sites excluding steroid dienone is 3. The summed E-state index contributed by atoms with van der Waals surface area (Å²) in [6.45, 7) is 5.15. The van der Waals surface area contributed by atoms with Gasteiger partial charge in [-0.05, 0) is 25.5 Å². The van der Waals surface area contributed by atoms with Gasteiger partial charge < -0.3 is 0 Å². The number of rotatable bonds is 5. The standard InChI is InChI=1S/C11H15Cl2NO/c1-4-5-6-11(13)14-10(9(3)15)7-8(2)12/h6-7H,4-5H2,1-3H3/b8-7+,11-6+,14-10+. The van der Waals surface area contributed by atoms with Crippen LogP contribution >= 0.6 is 23.2 Å². The lowest BCUT2D eigenvalue weighted by atomic mass is 10.2. The van der Waals surface area contributed by atoms with Crippen molar-refractivity contribution in [1.29, 1.82) is 0 Å². The molecule has 84 valence electrons. The van der Waals surface area contributed by atoms with Crippen molar-refractivity contribution >= 4 is 34.7 Å². The van der Waals surface area contributed by atoms with Crippen LogP contribution in [0.25, 0.3) is 0 Å². The first-order valence-corrected chi connectivity index (χ1v) is 5.52. The Balaban J connectivity index is 4.84. The number of carbonyl (C=O) groups is 1. The molecule has 0 aliphatic heterocycles. The SMILES string of the molecule is CCC/C=C(Cl)/N=C(\C=C(/C)Cl)C(C)=O. The minimum absolute atomic E-state index is 0.155. The molecular formula is C11H15Cl2NO. The Labute approximate surface area is 101 Å². The van der Waals surface area contributed by atoms with Crippen LogP contribution in [-0.4, -0.2) is 11.5 Å². The quantitative estimate of drug-likeness (QED) is 0.533. The third-order valence-electron chi connectivity index (χ3n) is 1.53. The summed E-state index contributed by atoms with van der Waals surface area (Å²) in [5.74, 6) is -0.155. The van der Waals surface area contributed by atoms with E-state index in [2.05, 4.69) is 4.99 Å². The topological polar surface area (TPSA) is 29.4 Å². The van der Waals surface area contributed by atoms with Gasteiger partial charge in [-0.3, -0.25) is 4.79 Å². The monoisotopic (exact) mass is 247 g/mol. The van der Waals surface area contributed by atoms with Crippen LogP contribution in [0.1, 0.15) is 33.6 Å². The van der Waals surface area contributed by atoms with Gasteiger partial charge in [0.2, 0.25) is 0 Å². The molecule has 0 spiro atoms. The lowest BCUT2D eigenvalue weighted by Gasteiger charge is -1.96. The Morgan fingerprint density at radius 1 is 1.33 bits per heavy atom. The fourth-order valence-corrected chi connectivity index (χ4v) is 1.13. The normalized spacial score (nSPS) is 14.3. The van der Waals surface area contributed by atoms with E-state index in [9.17, 15) is 4.79 Å². The smallest absolute Gasteiger partial charge is 0.178 e. The van der Waals surface area contributed by atoms with E-state index in [-0.39, 0.29) is 11.5 Å². The number of halogens is 2. The first kappa shape index (κ1) is 14.4. The van der Waals surface area contributed by atoms with Crippen LogP contribution in [0, 0.1) is 0 Å². The second-order valence-corrected chi connectivity index (χ2v) is 4.08. The Hall–Kier alpha value is -0.600. The van der Waals surface area contributed by atoms with Crippen molar-refractivity contribution in [3.05, 3.63) is 22.3 Å². The molecule has 4 heteroatoms. The van der Waals surface area contributed by atoms with E-state index < -0.39 is 0 Å². The average Bonchev–Trinajstić information content (AvgIpc) is 2.12. The third kappa shape index (κ3) is 7.34. The van der Waals surface area contributed by atoms with Crippen molar-refractivity contribution in [3.8, 4) is 0 Å². The summed E-state index contributed by atoms with van der Waals surface area (Å²) in [7, 11) is 0. The van der Waals surface area contributed by atoms with Crippen LogP contribution in [0.15, 0.2) is 27.3 Å². The van der Waals surface area contributed by atoms with Crippen LogP contribution in [-0.2, 0) is 4.79 Å². The average molecular weight is 248 g/mol. The molecule has 0 bridgehead atoms. The summed E-state index contributed by atoms with van der Waals surface area (Å²) in [6, 6.07) is 0. The first-order valence-electron chi connectivity index (χ1n) is 4.76. The molecule has 0 radical (unpaired) electrons. The van der Waals surface area contributed by atoms with Gasteiger partial charge in [-0.1, -0.05) is 36.5 Å². The molecule has 0 unspecified atom stereocenters. The van der Waals surface area contributed by atoms with Gasteiger partial charge in [-0.15, -0.1) is 0 Å².